The van der Waals surface area contributed by atoms with E-state index in [2.05, 4.69) is 10.3 Å². The van der Waals surface area contributed by atoms with Gasteiger partial charge < -0.3 is 9.88 Å². The van der Waals surface area contributed by atoms with E-state index in [1.54, 1.807) is 24.7 Å². The van der Waals surface area contributed by atoms with Gasteiger partial charge in [-0.15, -0.1) is 12.4 Å². The van der Waals surface area contributed by atoms with Crippen LogP contribution in [0.25, 0.3) is 0 Å². The summed E-state index contributed by atoms with van der Waals surface area (Å²) in [7, 11) is 0. The molecule has 1 aromatic carbocycles. The molecule has 5 heteroatoms. The summed E-state index contributed by atoms with van der Waals surface area (Å²) >= 11 is 0. The highest BCUT2D eigenvalue weighted by Crippen LogP contribution is 2.05. The Balaban J connectivity index is 0.00000162. The highest BCUT2D eigenvalue weighted by molar-refractivity contribution is 5.85. The van der Waals surface area contributed by atoms with Crippen LogP contribution in [0.1, 0.15) is 12.0 Å². The van der Waals surface area contributed by atoms with Crippen molar-refractivity contribution in [3.63, 3.8) is 0 Å². The Morgan fingerprint density at radius 3 is 2.83 bits per heavy atom. The van der Waals surface area contributed by atoms with Gasteiger partial charge in [-0.1, -0.05) is 18.2 Å². The minimum Gasteiger partial charge on any atom is -0.337 e. The molecule has 0 saturated heterocycles. The van der Waals surface area contributed by atoms with Gasteiger partial charge in [0.05, 0.1) is 6.33 Å². The second-order valence-corrected chi connectivity index (χ2v) is 3.92. The number of benzene rings is 1. The molecule has 1 heterocycles. The van der Waals surface area contributed by atoms with Gasteiger partial charge >= 0.3 is 0 Å². The zero-order valence-corrected chi connectivity index (χ0v) is 10.9. The molecule has 98 valence electrons. The molecule has 18 heavy (non-hydrogen) atoms. The van der Waals surface area contributed by atoms with Crippen LogP contribution < -0.4 is 5.32 Å². The third-order valence-corrected chi connectivity index (χ3v) is 2.60. The number of hydrogen-bond donors (Lipinski definition) is 1. The number of imidazole rings is 1. The maximum Gasteiger partial charge on any atom is 0.127 e. The van der Waals surface area contributed by atoms with Crippen molar-refractivity contribution >= 4 is 12.4 Å². The summed E-state index contributed by atoms with van der Waals surface area (Å²) in [4.78, 5) is 3.97. The normalized spacial score (nSPS) is 10.1. The van der Waals surface area contributed by atoms with Crippen LogP contribution in [-0.2, 0) is 13.1 Å². The van der Waals surface area contributed by atoms with Gasteiger partial charge in [0.15, 0.2) is 0 Å². The largest absolute Gasteiger partial charge is 0.337 e. The van der Waals surface area contributed by atoms with Crippen molar-refractivity contribution in [3.05, 3.63) is 54.4 Å². The van der Waals surface area contributed by atoms with Gasteiger partial charge in [-0.3, -0.25) is 0 Å². The first-order valence-corrected chi connectivity index (χ1v) is 5.76. The minimum absolute atomic E-state index is 0. The van der Waals surface area contributed by atoms with E-state index in [0.717, 1.165) is 25.1 Å². The smallest absolute Gasteiger partial charge is 0.127 e. The molecule has 2 aromatic rings. The van der Waals surface area contributed by atoms with Crippen LogP contribution in [0.4, 0.5) is 4.39 Å². The minimum atomic E-state index is -0.144. The Hall–Kier alpha value is -1.39. The van der Waals surface area contributed by atoms with Crippen molar-refractivity contribution in [2.75, 3.05) is 6.54 Å². The lowest BCUT2D eigenvalue weighted by atomic mass is 10.2. The van der Waals surface area contributed by atoms with E-state index in [0.29, 0.717) is 6.54 Å². The molecule has 0 saturated carbocycles. The number of aryl methyl sites for hydroxylation is 1. The van der Waals surface area contributed by atoms with Gasteiger partial charge in [-0.2, -0.15) is 0 Å². The van der Waals surface area contributed by atoms with Crippen LogP contribution in [0.15, 0.2) is 43.0 Å². The van der Waals surface area contributed by atoms with Crippen LogP contribution in [0.2, 0.25) is 0 Å². The van der Waals surface area contributed by atoms with Crippen molar-refractivity contribution in [2.45, 2.75) is 19.5 Å². The molecule has 0 aliphatic carbocycles. The van der Waals surface area contributed by atoms with Crippen LogP contribution in [0.3, 0.4) is 0 Å². The predicted molar refractivity (Wildman–Crippen MR) is 72.2 cm³/mol. The van der Waals surface area contributed by atoms with E-state index in [-0.39, 0.29) is 18.2 Å². The van der Waals surface area contributed by atoms with Crippen molar-refractivity contribution < 1.29 is 4.39 Å². The Morgan fingerprint density at radius 1 is 1.28 bits per heavy atom. The molecule has 0 unspecified atom stereocenters. The molecule has 0 radical (unpaired) electrons. The fourth-order valence-corrected chi connectivity index (χ4v) is 1.67. The summed E-state index contributed by atoms with van der Waals surface area (Å²) in [5.74, 6) is -0.144. The standard InChI is InChI=1S/C13H16FN3.ClH/c14-13-5-2-1-4-12(13)10-15-6-3-8-17-9-7-16-11-17;/h1-2,4-5,7,9,11,15H,3,6,8,10H2;1H. The van der Waals surface area contributed by atoms with Crippen LogP contribution in [-0.4, -0.2) is 16.1 Å². The Labute approximate surface area is 112 Å². The first kappa shape index (κ1) is 14.7. The van der Waals surface area contributed by atoms with E-state index in [4.69, 9.17) is 0 Å². The van der Waals surface area contributed by atoms with E-state index < -0.39 is 0 Å². The van der Waals surface area contributed by atoms with Crippen molar-refractivity contribution in [3.8, 4) is 0 Å². The van der Waals surface area contributed by atoms with Crippen LogP contribution >= 0.6 is 12.4 Å². The highest BCUT2D eigenvalue weighted by Gasteiger charge is 1.98. The number of hydrogen-bond acceptors (Lipinski definition) is 2. The SMILES string of the molecule is Cl.Fc1ccccc1CNCCCn1ccnc1. The lowest BCUT2D eigenvalue weighted by Crippen LogP contribution is -2.17. The third-order valence-electron chi connectivity index (χ3n) is 2.60. The molecule has 0 bridgehead atoms. The number of rotatable bonds is 6. The Bertz CT molecular complexity index is 445. The summed E-state index contributed by atoms with van der Waals surface area (Å²) < 4.78 is 15.3. The molecule has 2 rings (SSSR count). The van der Waals surface area contributed by atoms with Gasteiger partial charge in [-0.25, -0.2) is 9.37 Å². The van der Waals surface area contributed by atoms with Gasteiger partial charge in [0.2, 0.25) is 0 Å². The van der Waals surface area contributed by atoms with Crippen molar-refractivity contribution in [2.24, 2.45) is 0 Å². The Morgan fingerprint density at radius 2 is 2.11 bits per heavy atom. The van der Waals surface area contributed by atoms with Gasteiger partial charge in [0.1, 0.15) is 5.82 Å². The third kappa shape index (κ3) is 4.47. The summed E-state index contributed by atoms with van der Waals surface area (Å²) in [5, 5.41) is 3.23. The second kappa shape index (κ2) is 7.84. The van der Waals surface area contributed by atoms with E-state index in [1.807, 2.05) is 16.8 Å². The van der Waals surface area contributed by atoms with Gasteiger partial charge in [-0.05, 0) is 19.0 Å². The molecule has 0 spiro atoms. The van der Waals surface area contributed by atoms with Crippen LogP contribution in [0, 0.1) is 5.82 Å². The van der Waals surface area contributed by atoms with E-state index in [9.17, 15) is 4.39 Å². The second-order valence-electron chi connectivity index (χ2n) is 3.92. The number of nitrogens with zero attached hydrogens (tertiary/aromatic N) is 2. The van der Waals surface area contributed by atoms with Gasteiger partial charge in [0, 0.05) is 31.0 Å². The quantitative estimate of drug-likeness (QED) is 0.817. The zero-order chi connectivity index (χ0) is 11.9. The van der Waals surface area contributed by atoms with Crippen LogP contribution in [0.5, 0.6) is 0 Å². The maximum absolute atomic E-state index is 13.3. The molecule has 1 aromatic heterocycles. The predicted octanol–water partition coefficient (Wildman–Crippen LogP) is 2.62. The zero-order valence-electron chi connectivity index (χ0n) is 10.1. The first-order valence-electron chi connectivity index (χ1n) is 5.76. The summed E-state index contributed by atoms with van der Waals surface area (Å²) in [5.41, 5.74) is 0.718. The lowest BCUT2D eigenvalue weighted by Gasteiger charge is -2.06. The topological polar surface area (TPSA) is 29.9 Å². The fourth-order valence-electron chi connectivity index (χ4n) is 1.67. The average molecular weight is 270 g/mol. The Kier molecular flexibility index (Phi) is 6.39. The highest BCUT2D eigenvalue weighted by atomic mass is 35.5. The molecule has 0 atom stereocenters. The molecular weight excluding hydrogens is 253 g/mol. The van der Waals surface area contributed by atoms with E-state index >= 15 is 0 Å². The van der Waals surface area contributed by atoms with Crippen molar-refractivity contribution in [1.82, 2.24) is 14.9 Å². The number of halogens is 2. The molecule has 0 amide bonds. The molecule has 0 aliphatic heterocycles. The monoisotopic (exact) mass is 269 g/mol. The molecular formula is C13H17ClFN3. The summed E-state index contributed by atoms with van der Waals surface area (Å²) in [6.45, 7) is 2.38. The molecule has 0 aliphatic rings. The van der Waals surface area contributed by atoms with Gasteiger partial charge in [0.25, 0.3) is 0 Å². The fraction of sp³-hybridized carbons (Fsp3) is 0.308. The molecule has 3 nitrogen and oxygen atoms in total. The summed E-state index contributed by atoms with van der Waals surface area (Å²) in [6.07, 6.45) is 6.52. The molecule has 0 fully saturated rings. The van der Waals surface area contributed by atoms with E-state index in [1.165, 1.54) is 6.07 Å². The molecule has 1 N–H and O–H groups in total. The van der Waals surface area contributed by atoms with Crippen molar-refractivity contribution in [1.29, 1.82) is 0 Å². The number of aromatic nitrogens is 2. The first-order chi connectivity index (χ1) is 8.36. The number of nitrogens with one attached hydrogen (secondary N) is 1. The average Bonchev–Trinajstić information content (AvgIpc) is 2.84. The summed E-state index contributed by atoms with van der Waals surface area (Å²) in [6, 6.07) is 6.85. The lowest BCUT2D eigenvalue weighted by molar-refractivity contribution is 0.558. The maximum atomic E-state index is 13.3.